The molecule has 4 unspecified atom stereocenters. The van der Waals surface area contributed by atoms with Crippen molar-refractivity contribution in [2.24, 2.45) is 22.7 Å². The van der Waals surface area contributed by atoms with Crippen LogP contribution >= 0.6 is 0 Å². The van der Waals surface area contributed by atoms with E-state index in [2.05, 4.69) is 51.5 Å². The van der Waals surface area contributed by atoms with E-state index in [1.807, 2.05) is 0 Å². The summed E-state index contributed by atoms with van der Waals surface area (Å²) < 4.78 is 16.1. The Balaban J connectivity index is 1.56. The number of fused-ring (bicyclic) bond motifs is 1. The number of carbonyl (C=O) groups is 3. The Morgan fingerprint density at radius 2 is 1.16 bits per heavy atom. The minimum Gasteiger partial charge on any atom is -0.469 e. The number of carbonyl (C=O) groups excluding carboxylic acids is 3. The highest BCUT2D eigenvalue weighted by Crippen LogP contribution is 2.62. The van der Waals surface area contributed by atoms with Crippen LogP contribution in [0.5, 0.6) is 0 Å². The van der Waals surface area contributed by atoms with E-state index < -0.39 is 5.97 Å². The average molecular weight is 771 g/mol. The molecule has 318 valence electrons. The first-order valence-electron chi connectivity index (χ1n) is 23.3. The zero-order valence-corrected chi connectivity index (χ0v) is 36.9. The van der Waals surface area contributed by atoms with Gasteiger partial charge in [-0.15, -0.1) is 0 Å². The third-order valence-corrected chi connectivity index (χ3v) is 13.7. The maximum atomic E-state index is 12.5. The summed E-state index contributed by atoms with van der Waals surface area (Å²) in [5, 5.41) is 0. The number of ether oxygens (including phenoxy) is 3. The first-order valence-corrected chi connectivity index (χ1v) is 23.3. The first-order chi connectivity index (χ1) is 26.6. The fourth-order valence-corrected chi connectivity index (χ4v) is 9.65. The highest BCUT2D eigenvalue weighted by atomic mass is 16.5. The molecule has 2 rings (SSSR count). The molecule has 0 aromatic heterocycles. The molecule has 0 spiro atoms. The van der Waals surface area contributed by atoms with E-state index in [1.165, 1.54) is 140 Å². The van der Waals surface area contributed by atoms with Gasteiger partial charge in [0.2, 0.25) is 0 Å². The number of esters is 3. The van der Waals surface area contributed by atoms with Crippen LogP contribution in [0.15, 0.2) is 23.3 Å². The maximum absolute atomic E-state index is 12.5. The summed E-state index contributed by atoms with van der Waals surface area (Å²) in [6.07, 6.45) is 39.9. The lowest BCUT2D eigenvalue weighted by Gasteiger charge is -2.58. The predicted molar refractivity (Wildman–Crippen MR) is 229 cm³/mol. The van der Waals surface area contributed by atoms with Gasteiger partial charge in [-0.05, 0) is 87.5 Å². The lowest BCUT2D eigenvalue weighted by Crippen LogP contribution is -2.51. The molecule has 0 bridgehead atoms. The Hall–Kier alpha value is -2.11. The van der Waals surface area contributed by atoms with Crippen molar-refractivity contribution in [1.29, 1.82) is 0 Å². The summed E-state index contributed by atoms with van der Waals surface area (Å²) in [5.74, 6) is -0.0338. The zero-order valence-electron chi connectivity index (χ0n) is 36.9. The van der Waals surface area contributed by atoms with Gasteiger partial charge in [0.1, 0.15) is 6.61 Å². The van der Waals surface area contributed by atoms with E-state index in [4.69, 9.17) is 9.47 Å². The summed E-state index contributed by atoms with van der Waals surface area (Å²) in [7, 11) is 1.34. The van der Waals surface area contributed by atoms with Crippen molar-refractivity contribution in [3.8, 4) is 0 Å². The van der Waals surface area contributed by atoms with Crippen molar-refractivity contribution in [1.82, 2.24) is 0 Å². The summed E-state index contributed by atoms with van der Waals surface area (Å²) in [5.41, 5.74) is 2.91. The SMILES string of the molecule is CCCCCCCCCCCCCCCCCCCCCCCC(=O)OCC=C(C)CCC1(C)C(COC(=O)CCC(=O)OC)CCC2(C)C(C)=CCCC21. The fourth-order valence-electron chi connectivity index (χ4n) is 9.65. The molecule has 1 saturated carbocycles. The lowest BCUT2D eigenvalue weighted by molar-refractivity contribution is -0.154. The maximum Gasteiger partial charge on any atom is 0.306 e. The number of methoxy groups -OCH3 is 1. The Labute approximate surface area is 339 Å². The minimum atomic E-state index is -0.390. The van der Waals surface area contributed by atoms with E-state index in [0.29, 0.717) is 25.6 Å². The smallest absolute Gasteiger partial charge is 0.306 e. The number of hydrogen-bond donors (Lipinski definition) is 0. The van der Waals surface area contributed by atoms with Crippen LogP contribution in [0.3, 0.4) is 0 Å². The highest BCUT2D eigenvalue weighted by molar-refractivity contribution is 5.77. The van der Waals surface area contributed by atoms with E-state index >= 15 is 0 Å². The number of unbranched alkanes of at least 4 members (excludes halogenated alkanes) is 20. The summed E-state index contributed by atoms with van der Waals surface area (Å²) in [4.78, 5) is 36.5. The molecule has 0 amide bonds. The van der Waals surface area contributed by atoms with Crippen LogP contribution in [0.25, 0.3) is 0 Å². The van der Waals surface area contributed by atoms with Gasteiger partial charge in [-0.25, -0.2) is 0 Å². The van der Waals surface area contributed by atoms with Crippen molar-refractivity contribution in [3.05, 3.63) is 23.3 Å². The van der Waals surface area contributed by atoms with Crippen molar-refractivity contribution in [2.75, 3.05) is 20.3 Å². The average Bonchev–Trinajstić information content (AvgIpc) is 3.17. The van der Waals surface area contributed by atoms with Crippen molar-refractivity contribution >= 4 is 17.9 Å². The van der Waals surface area contributed by atoms with E-state index in [-0.39, 0.29) is 41.5 Å². The second kappa shape index (κ2) is 29.2. The second-order valence-electron chi connectivity index (χ2n) is 18.0. The second-order valence-corrected chi connectivity index (χ2v) is 18.0. The molecule has 0 aromatic carbocycles. The standard InChI is InChI=1S/C49H86O6/c1-7-8-9-10-11-12-13-14-15-16-17-18-19-20-21-22-23-24-25-26-27-31-46(51)54-39-36-41(2)34-37-49(5)43(40-55-47(52)33-32-45(50)53-6)35-38-48(4)42(3)29-28-30-44(48)49/h29,36,43-44H,7-28,30-35,37-40H2,1-6H3. The summed E-state index contributed by atoms with van der Waals surface area (Å²) in [6, 6.07) is 0. The molecule has 0 N–H and O–H groups in total. The van der Waals surface area contributed by atoms with Crippen LogP contribution in [0.4, 0.5) is 0 Å². The third kappa shape index (κ3) is 19.7. The largest absolute Gasteiger partial charge is 0.469 e. The molecule has 0 heterocycles. The Bertz CT molecular complexity index is 1120. The molecule has 4 atom stereocenters. The minimum absolute atomic E-state index is 0.00285. The van der Waals surface area contributed by atoms with Gasteiger partial charge in [0.15, 0.2) is 0 Å². The van der Waals surface area contributed by atoms with E-state index in [0.717, 1.165) is 51.4 Å². The monoisotopic (exact) mass is 771 g/mol. The summed E-state index contributed by atoms with van der Waals surface area (Å²) >= 11 is 0. The quantitative estimate of drug-likeness (QED) is 0.0293. The van der Waals surface area contributed by atoms with Gasteiger partial charge < -0.3 is 14.2 Å². The molecular weight excluding hydrogens is 685 g/mol. The van der Waals surface area contributed by atoms with Gasteiger partial charge in [0.05, 0.1) is 26.6 Å². The third-order valence-electron chi connectivity index (χ3n) is 13.7. The zero-order chi connectivity index (χ0) is 40.2. The molecule has 0 aromatic rings. The van der Waals surface area contributed by atoms with Gasteiger partial charge >= 0.3 is 17.9 Å². The predicted octanol–water partition coefficient (Wildman–Crippen LogP) is 14.1. The van der Waals surface area contributed by atoms with Crippen LogP contribution in [-0.2, 0) is 28.6 Å². The highest BCUT2D eigenvalue weighted by Gasteiger charge is 2.54. The molecule has 6 heteroatoms. The molecule has 2 aliphatic rings. The molecule has 0 aliphatic heterocycles. The van der Waals surface area contributed by atoms with E-state index in [1.54, 1.807) is 0 Å². The Morgan fingerprint density at radius 3 is 1.69 bits per heavy atom. The molecule has 0 radical (unpaired) electrons. The number of allylic oxidation sites excluding steroid dienone is 3. The molecule has 55 heavy (non-hydrogen) atoms. The Kier molecular flexibility index (Phi) is 26.0. The molecule has 2 aliphatic carbocycles. The van der Waals surface area contributed by atoms with Gasteiger partial charge in [-0.3, -0.25) is 14.4 Å². The molecule has 0 saturated heterocycles. The first kappa shape index (κ1) is 49.0. The van der Waals surface area contributed by atoms with Crippen LogP contribution in [0, 0.1) is 22.7 Å². The van der Waals surface area contributed by atoms with Gasteiger partial charge in [-0.2, -0.15) is 0 Å². The molecular formula is C49H86O6. The van der Waals surface area contributed by atoms with Crippen molar-refractivity contribution < 1.29 is 28.6 Å². The van der Waals surface area contributed by atoms with Crippen LogP contribution < -0.4 is 0 Å². The Morgan fingerprint density at radius 1 is 0.673 bits per heavy atom. The van der Waals surface area contributed by atoms with Crippen LogP contribution in [0.2, 0.25) is 0 Å². The summed E-state index contributed by atoms with van der Waals surface area (Å²) in [6.45, 7) is 12.3. The van der Waals surface area contributed by atoms with E-state index in [9.17, 15) is 14.4 Å². The topological polar surface area (TPSA) is 78.9 Å². The molecule has 6 nitrogen and oxygen atoms in total. The number of hydrogen-bond acceptors (Lipinski definition) is 6. The van der Waals surface area contributed by atoms with Crippen molar-refractivity contribution in [2.45, 2.75) is 227 Å². The number of rotatable bonds is 32. The normalized spacial score (nSPS) is 22.5. The van der Waals surface area contributed by atoms with Gasteiger partial charge in [0.25, 0.3) is 0 Å². The van der Waals surface area contributed by atoms with Crippen LogP contribution in [0.1, 0.15) is 227 Å². The van der Waals surface area contributed by atoms with Gasteiger partial charge in [-0.1, -0.05) is 166 Å². The van der Waals surface area contributed by atoms with Crippen molar-refractivity contribution in [3.63, 3.8) is 0 Å². The fraction of sp³-hybridized carbons (Fsp3) is 0.857. The van der Waals surface area contributed by atoms with Gasteiger partial charge in [0, 0.05) is 6.42 Å². The lowest BCUT2D eigenvalue weighted by atomic mass is 9.46. The molecule has 1 fully saturated rings. The van der Waals surface area contributed by atoms with Crippen LogP contribution in [-0.4, -0.2) is 38.2 Å².